The summed E-state index contributed by atoms with van der Waals surface area (Å²) in [4.78, 5) is 31.5. The summed E-state index contributed by atoms with van der Waals surface area (Å²) >= 11 is 1.37. The van der Waals surface area contributed by atoms with Crippen molar-refractivity contribution in [3.05, 3.63) is 46.9 Å². The van der Waals surface area contributed by atoms with Gasteiger partial charge in [0.25, 0.3) is 5.91 Å². The van der Waals surface area contributed by atoms with E-state index in [1.165, 1.54) is 23.5 Å². The van der Waals surface area contributed by atoms with Crippen molar-refractivity contribution in [2.75, 3.05) is 40.0 Å². The van der Waals surface area contributed by atoms with Gasteiger partial charge in [-0.2, -0.15) is 5.10 Å². The van der Waals surface area contributed by atoms with Crippen LogP contribution in [0.5, 0.6) is 0 Å². The molecule has 0 unspecified atom stereocenters. The zero-order chi connectivity index (χ0) is 26.4. The van der Waals surface area contributed by atoms with Crippen LogP contribution < -0.4 is 5.32 Å². The van der Waals surface area contributed by atoms with Crippen LogP contribution in [0.25, 0.3) is 21.8 Å². The maximum atomic E-state index is 13.6. The number of halogens is 1. The van der Waals surface area contributed by atoms with Crippen molar-refractivity contribution in [2.24, 2.45) is 0 Å². The van der Waals surface area contributed by atoms with Crippen LogP contribution in [0.15, 0.2) is 29.6 Å². The first-order valence-corrected chi connectivity index (χ1v) is 13.2. The molecule has 2 N–H and O–H groups in total. The Kier molecular flexibility index (Phi) is 9.01. The van der Waals surface area contributed by atoms with Gasteiger partial charge in [-0.25, -0.2) is 9.37 Å². The molecule has 1 aliphatic heterocycles. The molecule has 3 aromatic rings. The first-order chi connectivity index (χ1) is 17.9. The van der Waals surface area contributed by atoms with Crippen molar-refractivity contribution >= 4 is 23.2 Å². The predicted octanol–water partition coefficient (Wildman–Crippen LogP) is 3.85. The summed E-state index contributed by atoms with van der Waals surface area (Å²) in [5, 5.41) is 13.1. The van der Waals surface area contributed by atoms with Crippen LogP contribution in [-0.4, -0.2) is 78.0 Å². The summed E-state index contributed by atoms with van der Waals surface area (Å²) < 4.78 is 23.9. The van der Waals surface area contributed by atoms with Gasteiger partial charge in [0, 0.05) is 48.8 Å². The fourth-order valence-corrected chi connectivity index (χ4v) is 5.18. The van der Waals surface area contributed by atoms with Crippen molar-refractivity contribution in [3.8, 4) is 21.8 Å². The highest BCUT2D eigenvalue weighted by atomic mass is 32.1. The van der Waals surface area contributed by atoms with Gasteiger partial charge in [-0.1, -0.05) is 0 Å². The smallest absolute Gasteiger partial charge is 0.270 e. The Bertz CT molecular complexity index is 1200. The number of thiazole rings is 1. The number of benzene rings is 1. The number of amides is 2. The van der Waals surface area contributed by atoms with Crippen molar-refractivity contribution in [1.82, 2.24) is 25.4 Å². The fourth-order valence-electron chi connectivity index (χ4n) is 4.32. The number of H-pyrrole nitrogens is 1. The van der Waals surface area contributed by atoms with Crippen LogP contribution >= 0.6 is 11.3 Å². The molecule has 0 aliphatic carbocycles. The van der Waals surface area contributed by atoms with Gasteiger partial charge in [-0.05, 0) is 51.0 Å². The zero-order valence-corrected chi connectivity index (χ0v) is 22.1. The number of likely N-dealkylation sites (tertiary alicyclic amines) is 1. The van der Waals surface area contributed by atoms with Gasteiger partial charge in [-0.15, -0.1) is 11.3 Å². The van der Waals surface area contributed by atoms with Crippen LogP contribution in [0.1, 0.15) is 48.8 Å². The molecule has 2 aromatic heterocycles. The number of methoxy groups -OCH3 is 1. The summed E-state index contributed by atoms with van der Waals surface area (Å²) in [7, 11) is 1.59. The van der Waals surface area contributed by atoms with E-state index in [9.17, 15) is 14.0 Å². The minimum atomic E-state index is -0.328. The summed E-state index contributed by atoms with van der Waals surface area (Å²) in [6.07, 6.45) is 1.49. The van der Waals surface area contributed by atoms with Gasteiger partial charge >= 0.3 is 0 Å². The molecule has 9 nitrogen and oxygen atoms in total. The highest BCUT2D eigenvalue weighted by Gasteiger charge is 2.30. The van der Waals surface area contributed by atoms with E-state index in [1.807, 2.05) is 18.7 Å². The van der Waals surface area contributed by atoms with Gasteiger partial charge in [0.1, 0.15) is 28.8 Å². The average Bonchev–Trinajstić information content (AvgIpc) is 3.54. The summed E-state index contributed by atoms with van der Waals surface area (Å²) in [6.45, 7) is 5.87. The SMILES string of the molecule is COCCOCC(=O)N1CCC(c2[nH]nc(-c3ccc(F)cc3)c2-c2nc(C(=O)NC(C)C)cs2)CC1. The zero-order valence-electron chi connectivity index (χ0n) is 21.3. The lowest BCUT2D eigenvalue weighted by Gasteiger charge is -2.31. The molecule has 1 aromatic carbocycles. The molecule has 0 spiro atoms. The van der Waals surface area contributed by atoms with Gasteiger partial charge in [-0.3, -0.25) is 14.7 Å². The van der Waals surface area contributed by atoms with Gasteiger partial charge in [0.2, 0.25) is 5.91 Å². The Labute approximate surface area is 219 Å². The fraction of sp³-hybridized carbons (Fsp3) is 0.462. The number of aromatic nitrogens is 3. The quantitative estimate of drug-likeness (QED) is 0.386. The molecule has 11 heteroatoms. The van der Waals surface area contributed by atoms with Crippen molar-refractivity contribution in [3.63, 3.8) is 0 Å². The summed E-state index contributed by atoms with van der Waals surface area (Å²) in [5.41, 5.74) is 3.48. The number of rotatable bonds is 10. The monoisotopic (exact) mass is 529 g/mol. The van der Waals surface area contributed by atoms with E-state index in [-0.39, 0.29) is 36.2 Å². The van der Waals surface area contributed by atoms with Gasteiger partial charge in [0.15, 0.2) is 0 Å². The molecular weight excluding hydrogens is 497 g/mol. The first-order valence-electron chi connectivity index (χ1n) is 12.3. The molecule has 198 valence electrons. The maximum absolute atomic E-state index is 13.6. The molecule has 4 rings (SSSR count). The van der Waals surface area contributed by atoms with Crippen LogP contribution in [0.4, 0.5) is 4.39 Å². The minimum Gasteiger partial charge on any atom is -0.382 e. The molecule has 0 bridgehead atoms. The molecule has 0 saturated carbocycles. The Balaban J connectivity index is 1.57. The normalized spacial score (nSPS) is 14.4. The van der Waals surface area contributed by atoms with E-state index in [1.54, 1.807) is 24.6 Å². The van der Waals surface area contributed by atoms with E-state index in [0.29, 0.717) is 42.7 Å². The van der Waals surface area contributed by atoms with Crippen LogP contribution in [0, 0.1) is 5.82 Å². The van der Waals surface area contributed by atoms with Crippen molar-refractivity contribution in [2.45, 2.75) is 38.6 Å². The number of carbonyl (C=O) groups excluding carboxylic acids is 2. The highest BCUT2D eigenvalue weighted by molar-refractivity contribution is 7.13. The lowest BCUT2D eigenvalue weighted by atomic mass is 9.90. The van der Waals surface area contributed by atoms with E-state index in [4.69, 9.17) is 9.47 Å². The summed E-state index contributed by atoms with van der Waals surface area (Å²) in [6, 6.07) is 6.16. The standard InChI is InChI=1S/C26H32FN5O4S/c1-16(2)28-25(34)20-15-37-26(29-20)22-23(17-4-6-19(27)7-5-17)30-31-24(22)18-8-10-32(11-9-18)21(33)14-36-13-12-35-3/h4-7,15-16,18H,8-14H2,1-3H3,(H,28,34)(H,30,31). The van der Waals surface area contributed by atoms with Crippen LogP contribution in [-0.2, 0) is 14.3 Å². The molecule has 3 heterocycles. The number of piperidine rings is 1. The van der Waals surface area contributed by atoms with E-state index in [2.05, 4.69) is 20.5 Å². The molecule has 1 saturated heterocycles. The second kappa shape index (κ2) is 12.4. The number of ether oxygens (including phenoxy) is 2. The number of carbonyl (C=O) groups is 2. The van der Waals surface area contributed by atoms with Crippen molar-refractivity contribution in [1.29, 1.82) is 0 Å². The van der Waals surface area contributed by atoms with Crippen LogP contribution in [0.2, 0.25) is 0 Å². The Hall–Kier alpha value is -3.15. The molecule has 0 atom stereocenters. The number of hydrogen-bond acceptors (Lipinski definition) is 7. The largest absolute Gasteiger partial charge is 0.382 e. The van der Waals surface area contributed by atoms with Crippen LogP contribution in [0.3, 0.4) is 0 Å². The van der Waals surface area contributed by atoms with E-state index < -0.39 is 0 Å². The third-order valence-electron chi connectivity index (χ3n) is 6.20. The number of nitrogens with zero attached hydrogens (tertiary/aromatic N) is 3. The Morgan fingerprint density at radius 2 is 1.95 bits per heavy atom. The second-order valence-electron chi connectivity index (χ2n) is 9.23. The average molecular weight is 530 g/mol. The van der Waals surface area contributed by atoms with Gasteiger partial charge < -0.3 is 19.7 Å². The van der Waals surface area contributed by atoms with Gasteiger partial charge in [0.05, 0.1) is 18.8 Å². The third kappa shape index (κ3) is 6.60. The predicted molar refractivity (Wildman–Crippen MR) is 139 cm³/mol. The van der Waals surface area contributed by atoms with E-state index in [0.717, 1.165) is 29.7 Å². The lowest BCUT2D eigenvalue weighted by molar-refractivity contribution is -0.137. The van der Waals surface area contributed by atoms with E-state index >= 15 is 0 Å². The molecule has 37 heavy (non-hydrogen) atoms. The van der Waals surface area contributed by atoms with Crippen molar-refractivity contribution < 1.29 is 23.5 Å². The molecule has 2 amide bonds. The molecule has 1 aliphatic rings. The first kappa shape index (κ1) is 26.9. The minimum absolute atomic E-state index is 0.00446. The second-order valence-corrected chi connectivity index (χ2v) is 10.1. The number of hydrogen-bond donors (Lipinski definition) is 2. The Morgan fingerprint density at radius 1 is 1.22 bits per heavy atom. The maximum Gasteiger partial charge on any atom is 0.270 e. The lowest BCUT2D eigenvalue weighted by Crippen LogP contribution is -2.40. The molecular formula is C26H32FN5O4S. The number of aromatic amines is 1. The third-order valence-corrected chi connectivity index (χ3v) is 7.06. The Morgan fingerprint density at radius 3 is 2.62 bits per heavy atom. The summed E-state index contributed by atoms with van der Waals surface area (Å²) in [5.74, 6) is -0.476. The highest BCUT2D eigenvalue weighted by Crippen LogP contribution is 2.41. The number of nitrogens with one attached hydrogen (secondary N) is 2. The molecule has 0 radical (unpaired) electrons. The topological polar surface area (TPSA) is 109 Å². The molecule has 1 fully saturated rings.